The number of rotatable bonds is 2. The Morgan fingerprint density at radius 3 is 2.61 bits per heavy atom. The summed E-state index contributed by atoms with van der Waals surface area (Å²) in [6, 6.07) is 6.83. The van der Waals surface area contributed by atoms with E-state index in [0.29, 0.717) is 13.0 Å². The highest BCUT2D eigenvalue weighted by Gasteiger charge is 2.41. The Kier molecular flexibility index (Phi) is 4.02. The summed E-state index contributed by atoms with van der Waals surface area (Å²) in [7, 11) is 0. The van der Waals surface area contributed by atoms with Gasteiger partial charge in [0.15, 0.2) is 0 Å². The van der Waals surface area contributed by atoms with Crippen molar-refractivity contribution in [3.8, 4) is 11.8 Å². The van der Waals surface area contributed by atoms with Gasteiger partial charge >= 0.3 is 6.09 Å². The van der Waals surface area contributed by atoms with Gasteiger partial charge < -0.3 is 4.74 Å². The fraction of sp³-hybridized carbons (Fsp3) is 0.353. The van der Waals surface area contributed by atoms with E-state index >= 15 is 0 Å². The fourth-order valence-electron chi connectivity index (χ4n) is 2.81. The molecule has 0 radical (unpaired) electrons. The molecule has 3 rings (SSSR count). The first-order valence-corrected chi connectivity index (χ1v) is 7.42. The second-order valence-corrected chi connectivity index (χ2v) is 5.49. The predicted octanol–water partition coefficient (Wildman–Crippen LogP) is 1.36. The van der Waals surface area contributed by atoms with Crippen LogP contribution in [0.5, 0.6) is 0 Å². The molecular formula is C17H16N2O4. The van der Waals surface area contributed by atoms with Crippen molar-refractivity contribution in [2.45, 2.75) is 31.9 Å². The number of hydrogen-bond donors (Lipinski definition) is 1. The van der Waals surface area contributed by atoms with Crippen molar-refractivity contribution >= 4 is 17.9 Å². The van der Waals surface area contributed by atoms with Crippen molar-refractivity contribution in [3.63, 3.8) is 0 Å². The maximum atomic E-state index is 12.1. The smallest absolute Gasteiger partial charge is 0.411 e. The molecule has 1 unspecified atom stereocenters. The minimum atomic E-state index is -0.643. The molecule has 6 heteroatoms. The number of ether oxygens (including phenoxy) is 1. The van der Waals surface area contributed by atoms with Crippen LogP contribution in [0.25, 0.3) is 0 Å². The van der Waals surface area contributed by atoms with Crippen LogP contribution in [0.2, 0.25) is 0 Å². The van der Waals surface area contributed by atoms with Crippen LogP contribution in [0.4, 0.5) is 4.79 Å². The van der Waals surface area contributed by atoms with Gasteiger partial charge in [0, 0.05) is 12.0 Å². The second-order valence-electron chi connectivity index (χ2n) is 5.49. The van der Waals surface area contributed by atoms with Crippen LogP contribution in [-0.2, 0) is 14.3 Å². The minimum absolute atomic E-state index is 0.231. The van der Waals surface area contributed by atoms with Gasteiger partial charge in [-0.2, -0.15) is 0 Å². The van der Waals surface area contributed by atoms with E-state index < -0.39 is 24.1 Å². The molecule has 1 aromatic rings. The average molecular weight is 312 g/mol. The number of piperidine rings is 1. The van der Waals surface area contributed by atoms with Gasteiger partial charge in [0.25, 0.3) is 0 Å². The molecule has 1 N–H and O–H groups in total. The number of carbonyl (C=O) groups is 3. The summed E-state index contributed by atoms with van der Waals surface area (Å²) in [4.78, 5) is 36.6. The van der Waals surface area contributed by atoms with E-state index in [-0.39, 0.29) is 12.3 Å². The predicted molar refractivity (Wildman–Crippen MR) is 81.1 cm³/mol. The number of carbonyl (C=O) groups excluding carboxylic acids is 3. The Morgan fingerprint density at radius 1 is 1.22 bits per heavy atom. The molecule has 2 aliphatic rings. The first-order valence-electron chi connectivity index (χ1n) is 7.42. The summed E-state index contributed by atoms with van der Waals surface area (Å²) in [6.45, 7) is 2.06. The van der Waals surface area contributed by atoms with Gasteiger partial charge in [-0.25, -0.2) is 4.79 Å². The van der Waals surface area contributed by atoms with E-state index in [4.69, 9.17) is 4.74 Å². The van der Waals surface area contributed by atoms with Crippen molar-refractivity contribution in [2.24, 2.45) is 0 Å². The van der Waals surface area contributed by atoms with E-state index in [1.165, 1.54) is 4.90 Å². The zero-order valence-electron chi connectivity index (χ0n) is 12.7. The van der Waals surface area contributed by atoms with E-state index in [1.807, 2.05) is 24.3 Å². The lowest BCUT2D eigenvalue weighted by atomic mass is 10.0. The maximum Gasteiger partial charge on any atom is 0.411 e. The molecule has 0 aliphatic carbocycles. The molecule has 0 saturated carbocycles. The highest BCUT2D eigenvalue weighted by Crippen LogP contribution is 2.29. The largest absolute Gasteiger partial charge is 0.439 e. The third-order valence-corrected chi connectivity index (χ3v) is 3.98. The number of nitrogens with zero attached hydrogens (tertiary/aromatic N) is 1. The van der Waals surface area contributed by atoms with Gasteiger partial charge in [-0.1, -0.05) is 18.1 Å². The molecule has 0 spiro atoms. The Labute approximate surface area is 133 Å². The van der Waals surface area contributed by atoms with Gasteiger partial charge in [0.05, 0.1) is 6.54 Å². The van der Waals surface area contributed by atoms with Crippen molar-refractivity contribution in [1.29, 1.82) is 0 Å². The van der Waals surface area contributed by atoms with E-state index in [2.05, 4.69) is 17.2 Å². The summed E-state index contributed by atoms with van der Waals surface area (Å²) >= 11 is 0. The van der Waals surface area contributed by atoms with E-state index in [1.54, 1.807) is 6.92 Å². The number of imide groups is 1. The van der Waals surface area contributed by atoms with Crippen LogP contribution in [0.3, 0.4) is 0 Å². The molecule has 2 atom stereocenters. The van der Waals surface area contributed by atoms with Crippen LogP contribution in [0.1, 0.15) is 37.0 Å². The molecular weight excluding hydrogens is 296 g/mol. The first kappa shape index (κ1) is 15.1. The summed E-state index contributed by atoms with van der Waals surface area (Å²) in [5.41, 5.74) is 1.75. The number of hydrogen-bond acceptors (Lipinski definition) is 4. The molecule has 6 nitrogen and oxygen atoms in total. The highest BCUT2D eigenvalue weighted by molar-refractivity contribution is 6.01. The molecule has 0 bridgehead atoms. The number of cyclic esters (lactones) is 1. The van der Waals surface area contributed by atoms with Crippen LogP contribution in [0.15, 0.2) is 24.3 Å². The lowest BCUT2D eigenvalue weighted by Crippen LogP contribution is -2.52. The summed E-state index contributed by atoms with van der Waals surface area (Å²) in [6.07, 6.45) is -0.384. The van der Waals surface area contributed by atoms with Crippen molar-refractivity contribution in [3.05, 3.63) is 35.4 Å². The Hall–Kier alpha value is -2.81. The maximum absolute atomic E-state index is 12.1. The van der Waals surface area contributed by atoms with Crippen molar-refractivity contribution < 1.29 is 19.1 Å². The SMILES string of the molecule is CC#Cc1ccc([C@H]2CN(C3CCC(=O)NC3=O)C(=O)O2)cc1. The van der Waals surface area contributed by atoms with E-state index in [0.717, 1.165) is 11.1 Å². The highest BCUT2D eigenvalue weighted by atomic mass is 16.6. The zero-order chi connectivity index (χ0) is 16.4. The normalized spacial score (nSPS) is 23.9. The lowest BCUT2D eigenvalue weighted by Gasteiger charge is -2.27. The fourth-order valence-corrected chi connectivity index (χ4v) is 2.81. The van der Waals surface area contributed by atoms with Crippen LogP contribution in [-0.4, -0.2) is 35.4 Å². The van der Waals surface area contributed by atoms with Crippen LogP contribution in [0, 0.1) is 11.8 Å². The minimum Gasteiger partial charge on any atom is -0.439 e. The molecule has 23 heavy (non-hydrogen) atoms. The molecule has 2 saturated heterocycles. The van der Waals surface area contributed by atoms with Gasteiger partial charge in [-0.05, 0) is 31.0 Å². The molecule has 2 aliphatic heterocycles. The zero-order valence-corrected chi connectivity index (χ0v) is 12.7. The monoisotopic (exact) mass is 312 g/mol. The summed E-state index contributed by atoms with van der Waals surface area (Å²) in [5.74, 6) is 5.03. The molecule has 2 fully saturated rings. The van der Waals surface area contributed by atoms with Crippen molar-refractivity contribution in [1.82, 2.24) is 10.2 Å². The standard InChI is InChI=1S/C17H16N2O4/c1-2-3-11-4-6-12(7-5-11)14-10-19(17(22)23-14)13-8-9-15(20)18-16(13)21/h4-7,13-14H,8-10H2,1H3,(H,18,20,21)/t13?,14-/m1/s1. The van der Waals surface area contributed by atoms with Crippen molar-refractivity contribution in [2.75, 3.05) is 6.54 Å². The van der Waals surface area contributed by atoms with E-state index in [9.17, 15) is 14.4 Å². The summed E-state index contributed by atoms with van der Waals surface area (Å²) in [5, 5.41) is 2.26. The number of amides is 3. The second kappa shape index (κ2) is 6.13. The van der Waals surface area contributed by atoms with Crippen LogP contribution >= 0.6 is 0 Å². The number of nitrogens with one attached hydrogen (secondary N) is 1. The first-order chi connectivity index (χ1) is 11.1. The third-order valence-electron chi connectivity index (χ3n) is 3.98. The Balaban J connectivity index is 1.72. The molecule has 3 amide bonds. The molecule has 1 aromatic carbocycles. The summed E-state index contributed by atoms with van der Waals surface area (Å²) < 4.78 is 5.37. The quantitative estimate of drug-likeness (QED) is 0.661. The van der Waals surface area contributed by atoms with Gasteiger partial charge in [0.1, 0.15) is 12.1 Å². The number of benzene rings is 1. The van der Waals surface area contributed by atoms with Gasteiger partial charge in [-0.3, -0.25) is 19.8 Å². The molecule has 118 valence electrons. The Bertz CT molecular complexity index is 714. The Morgan fingerprint density at radius 2 is 1.96 bits per heavy atom. The van der Waals surface area contributed by atoms with Crippen LogP contribution < -0.4 is 5.32 Å². The topological polar surface area (TPSA) is 75.7 Å². The average Bonchev–Trinajstić information content (AvgIpc) is 2.90. The third kappa shape index (κ3) is 3.04. The lowest BCUT2D eigenvalue weighted by molar-refractivity contribution is -0.136. The van der Waals surface area contributed by atoms with Gasteiger partial charge in [-0.15, -0.1) is 5.92 Å². The molecule has 2 heterocycles. The van der Waals surface area contributed by atoms with Gasteiger partial charge in [0.2, 0.25) is 11.8 Å². The molecule has 0 aromatic heterocycles.